The number of hydrogen-bond donors (Lipinski definition) is 1. The summed E-state index contributed by atoms with van der Waals surface area (Å²) in [6.45, 7) is 2.03. The molecule has 2 nitrogen and oxygen atoms in total. The Balaban J connectivity index is 2.16. The molecule has 106 valence electrons. The summed E-state index contributed by atoms with van der Waals surface area (Å²) in [5.74, 6) is 0.886. The molecule has 2 rings (SSSR count). The van der Waals surface area contributed by atoms with E-state index < -0.39 is 0 Å². The highest BCUT2D eigenvalue weighted by Crippen LogP contribution is 2.24. The number of likely N-dealkylation sites (N-methyl/N-ethyl adjacent to an activating group) is 1. The summed E-state index contributed by atoms with van der Waals surface area (Å²) in [5, 5.41) is 4.18. The molecule has 0 amide bonds. The van der Waals surface area contributed by atoms with Gasteiger partial charge in [-0.15, -0.1) is 0 Å². The van der Waals surface area contributed by atoms with Crippen LogP contribution in [0.15, 0.2) is 42.5 Å². The van der Waals surface area contributed by atoms with Gasteiger partial charge in [0, 0.05) is 11.1 Å². The zero-order chi connectivity index (χ0) is 14.5. The molecular weight excluding hydrogens is 270 g/mol. The molecule has 0 fully saturated rings. The van der Waals surface area contributed by atoms with E-state index >= 15 is 0 Å². The zero-order valence-electron chi connectivity index (χ0n) is 12.1. The molecular formula is C17H20ClNO. The lowest BCUT2D eigenvalue weighted by Gasteiger charge is -2.18. The van der Waals surface area contributed by atoms with Gasteiger partial charge in [-0.3, -0.25) is 0 Å². The predicted octanol–water partition coefficient (Wildman–Crippen LogP) is 4.16. The monoisotopic (exact) mass is 289 g/mol. The largest absolute Gasteiger partial charge is 0.497 e. The molecule has 0 saturated carbocycles. The molecule has 0 aliphatic rings. The number of hydrogen-bond acceptors (Lipinski definition) is 2. The summed E-state index contributed by atoms with van der Waals surface area (Å²) < 4.78 is 5.18. The van der Waals surface area contributed by atoms with Crippen molar-refractivity contribution in [2.75, 3.05) is 14.2 Å². The third-order valence-corrected chi connectivity index (χ3v) is 3.96. The number of ether oxygens (including phenoxy) is 1. The second-order valence-electron chi connectivity index (χ2n) is 4.90. The highest BCUT2D eigenvalue weighted by atomic mass is 35.5. The first-order valence-corrected chi connectivity index (χ1v) is 7.08. The number of halogens is 1. The highest BCUT2D eigenvalue weighted by Gasteiger charge is 2.11. The molecule has 1 N–H and O–H groups in total. The quantitative estimate of drug-likeness (QED) is 0.892. The molecule has 1 unspecified atom stereocenters. The molecule has 0 aromatic heterocycles. The fraction of sp³-hybridized carbons (Fsp3) is 0.294. The molecule has 0 spiro atoms. The molecule has 0 bridgehead atoms. The molecule has 2 aromatic rings. The Bertz CT molecular complexity index is 566. The van der Waals surface area contributed by atoms with Crippen LogP contribution in [0.25, 0.3) is 0 Å². The van der Waals surface area contributed by atoms with Crippen LogP contribution in [0.3, 0.4) is 0 Å². The van der Waals surface area contributed by atoms with E-state index in [2.05, 4.69) is 29.6 Å². The zero-order valence-corrected chi connectivity index (χ0v) is 12.9. The van der Waals surface area contributed by atoms with E-state index in [4.69, 9.17) is 16.3 Å². The lowest BCUT2D eigenvalue weighted by atomic mass is 9.97. The minimum absolute atomic E-state index is 0.277. The standard InChI is InChI=1S/C17H20ClNO/c1-12-10-14(6-9-16(12)18)17(19-2)11-13-4-7-15(20-3)8-5-13/h4-10,17,19H,11H2,1-3H3. The van der Waals surface area contributed by atoms with Gasteiger partial charge in [-0.2, -0.15) is 0 Å². The topological polar surface area (TPSA) is 21.3 Å². The molecule has 1 atom stereocenters. The van der Waals surface area contributed by atoms with Crippen LogP contribution in [0.2, 0.25) is 5.02 Å². The van der Waals surface area contributed by atoms with E-state index in [-0.39, 0.29) is 6.04 Å². The van der Waals surface area contributed by atoms with Crippen molar-refractivity contribution in [2.45, 2.75) is 19.4 Å². The number of nitrogens with one attached hydrogen (secondary N) is 1. The molecule has 3 heteroatoms. The number of aryl methyl sites for hydroxylation is 1. The smallest absolute Gasteiger partial charge is 0.118 e. The molecule has 0 aliphatic carbocycles. The third kappa shape index (κ3) is 3.53. The second-order valence-corrected chi connectivity index (χ2v) is 5.31. The van der Waals surface area contributed by atoms with E-state index in [0.29, 0.717) is 0 Å². The fourth-order valence-corrected chi connectivity index (χ4v) is 2.39. The number of methoxy groups -OCH3 is 1. The predicted molar refractivity (Wildman–Crippen MR) is 84.7 cm³/mol. The number of benzene rings is 2. The summed E-state index contributed by atoms with van der Waals surface area (Å²) >= 11 is 6.09. The Labute approximate surface area is 125 Å². The van der Waals surface area contributed by atoms with Gasteiger partial charge in [-0.1, -0.05) is 35.9 Å². The van der Waals surface area contributed by atoms with Crippen LogP contribution < -0.4 is 10.1 Å². The Morgan fingerprint density at radius 1 is 1.15 bits per heavy atom. The highest BCUT2D eigenvalue weighted by molar-refractivity contribution is 6.31. The first-order chi connectivity index (χ1) is 9.63. The number of rotatable bonds is 5. The summed E-state index contributed by atoms with van der Waals surface area (Å²) in [4.78, 5) is 0. The van der Waals surface area contributed by atoms with Crippen LogP contribution in [0, 0.1) is 6.92 Å². The summed E-state index contributed by atoms with van der Waals surface area (Å²) in [6, 6.07) is 14.7. The van der Waals surface area contributed by atoms with Gasteiger partial charge in [0.15, 0.2) is 0 Å². The van der Waals surface area contributed by atoms with Gasteiger partial charge in [0.1, 0.15) is 5.75 Å². The van der Waals surface area contributed by atoms with E-state index in [1.165, 1.54) is 11.1 Å². The normalized spacial score (nSPS) is 12.2. The van der Waals surface area contributed by atoms with Gasteiger partial charge < -0.3 is 10.1 Å². The molecule has 2 aromatic carbocycles. The average Bonchev–Trinajstić information content (AvgIpc) is 2.48. The maximum absolute atomic E-state index is 6.09. The minimum atomic E-state index is 0.277. The van der Waals surface area contributed by atoms with Gasteiger partial charge in [-0.05, 0) is 55.3 Å². The van der Waals surface area contributed by atoms with Crippen LogP contribution in [0.1, 0.15) is 22.7 Å². The van der Waals surface area contributed by atoms with Crippen molar-refractivity contribution in [1.29, 1.82) is 0 Å². The lowest BCUT2D eigenvalue weighted by Crippen LogP contribution is -2.18. The third-order valence-electron chi connectivity index (χ3n) is 3.53. The summed E-state index contributed by atoms with van der Waals surface area (Å²) in [7, 11) is 3.67. The van der Waals surface area contributed by atoms with Crippen LogP contribution in [0.5, 0.6) is 5.75 Å². The second kappa shape index (κ2) is 6.78. The minimum Gasteiger partial charge on any atom is -0.497 e. The Kier molecular flexibility index (Phi) is 5.05. The van der Waals surface area contributed by atoms with Crippen LogP contribution >= 0.6 is 11.6 Å². The SMILES string of the molecule is CNC(Cc1ccc(OC)cc1)c1ccc(Cl)c(C)c1. The van der Waals surface area contributed by atoms with Crippen molar-refractivity contribution in [2.24, 2.45) is 0 Å². The maximum Gasteiger partial charge on any atom is 0.118 e. The lowest BCUT2D eigenvalue weighted by molar-refractivity contribution is 0.414. The van der Waals surface area contributed by atoms with E-state index in [1.807, 2.05) is 32.2 Å². The first-order valence-electron chi connectivity index (χ1n) is 6.70. The van der Waals surface area contributed by atoms with Crippen molar-refractivity contribution in [3.8, 4) is 5.75 Å². The Morgan fingerprint density at radius 3 is 2.40 bits per heavy atom. The molecule has 0 radical (unpaired) electrons. The fourth-order valence-electron chi connectivity index (χ4n) is 2.27. The van der Waals surface area contributed by atoms with E-state index in [9.17, 15) is 0 Å². The van der Waals surface area contributed by atoms with Crippen molar-refractivity contribution in [3.63, 3.8) is 0 Å². The van der Waals surface area contributed by atoms with Crippen LogP contribution in [-0.2, 0) is 6.42 Å². The Morgan fingerprint density at radius 2 is 1.85 bits per heavy atom. The molecule has 0 heterocycles. The van der Waals surface area contributed by atoms with Crippen LogP contribution in [0.4, 0.5) is 0 Å². The molecule has 20 heavy (non-hydrogen) atoms. The van der Waals surface area contributed by atoms with Crippen molar-refractivity contribution >= 4 is 11.6 Å². The first kappa shape index (κ1) is 14.9. The maximum atomic E-state index is 6.09. The van der Waals surface area contributed by atoms with E-state index in [0.717, 1.165) is 22.8 Å². The van der Waals surface area contributed by atoms with E-state index in [1.54, 1.807) is 7.11 Å². The molecule has 0 aliphatic heterocycles. The van der Waals surface area contributed by atoms with Crippen molar-refractivity contribution < 1.29 is 4.74 Å². The average molecular weight is 290 g/mol. The van der Waals surface area contributed by atoms with Gasteiger partial charge in [-0.25, -0.2) is 0 Å². The Hall–Kier alpha value is -1.51. The van der Waals surface area contributed by atoms with Gasteiger partial charge in [0.05, 0.1) is 7.11 Å². The van der Waals surface area contributed by atoms with Crippen LogP contribution in [-0.4, -0.2) is 14.2 Å². The summed E-state index contributed by atoms with van der Waals surface area (Å²) in [5.41, 5.74) is 3.64. The van der Waals surface area contributed by atoms with Gasteiger partial charge in [0.2, 0.25) is 0 Å². The van der Waals surface area contributed by atoms with Crippen molar-refractivity contribution in [3.05, 3.63) is 64.2 Å². The van der Waals surface area contributed by atoms with Crippen molar-refractivity contribution in [1.82, 2.24) is 5.32 Å². The molecule has 0 saturated heterocycles. The summed E-state index contributed by atoms with van der Waals surface area (Å²) in [6.07, 6.45) is 0.932. The van der Waals surface area contributed by atoms with Gasteiger partial charge in [0.25, 0.3) is 0 Å². The van der Waals surface area contributed by atoms with Gasteiger partial charge >= 0.3 is 0 Å².